The number of terminal acetylenes is 1. The zero-order valence-corrected chi connectivity index (χ0v) is 14.7. The predicted molar refractivity (Wildman–Crippen MR) is 94.7 cm³/mol. The molecule has 0 radical (unpaired) electrons. The van der Waals surface area contributed by atoms with Crippen LogP contribution in [-0.4, -0.2) is 36.6 Å². The van der Waals surface area contributed by atoms with Gasteiger partial charge in [0, 0.05) is 6.04 Å². The minimum Gasteiger partial charge on any atom is -0.497 e. The number of hydrogen-bond acceptors (Lipinski definition) is 3. The monoisotopic (exact) mass is 329 g/mol. The molecule has 1 atom stereocenters. The van der Waals surface area contributed by atoms with Crippen molar-refractivity contribution in [1.29, 1.82) is 0 Å². The lowest BCUT2D eigenvalue weighted by atomic mass is 9.94. The first-order valence-corrected chi connectivity index (χ1v) is 8.64. The second-order valence-electron chi connectivity index (χ2n) is 6.27. The molecule has 1 aliphatic carbocycles. The Kier molecular flexibility index (Phi) is 7.14. The number of nitrogens with zero attached hydrogens (tertiary/aromatic N) is 1. The number of hydrogen-bond donors (Lipinski definition) is 0. The highest BCUT2D eigenvalue weighted by atomic mass is 16.5. The number of rotatable bonds is 7. The molecule has 0 spiro atoms. The smallest absolute Gasteiger partial charge is 0.252 e. The molecule has 1 fully saturated rings. The van der Waals surface area contributed by atoms with E-state index in [4.69, 9.17) is 15.9 Å². The Bertz CT molecular complexity index is 572. The van der Waals surface area contributed by atoms with Crippen LogP contribution in [0.1, 0.15) is 44.6 Å². The van der Waals surface area contributed by atoms with Gasteiger partial charge in [-0.25, -0.2) is 0 Å². The van der Waals surface area contributed by atoms with Crippen molar-refractivity contribution in [2.75, 3.05) is 13.7 Å². The second-order valence-corrected chi connectivity index (χ2v) is 6.27. The summed E-state index contributed by atoms with van der Waals surface area (Å²) in [6.07, 6.45) is 10.6. The molecular formula is C20H27NO3. The van der Waals surface area contributed by atoms with Gasteiger partial charge in [0.25, 0.3) is 5.91 Å². The maximum atomic E-state index is 12.8. The summed E-state index contributed by atoms with van der Waals surface area (Å²) in [5.41, 5.74) is 0.982. The Morgan fingerprint density at radius 1 is 1.38 bits per heavy atom. The first-order chi connectivity index (χ1) is 11.7. The van der Waals surface area contributed by atoms with Crippen LogP contribution in [0.3, 0.4) is 0 Å². The van der Waals surface area contributed by atoms with E-state index in [1.807, 2.05) is 29.2 Å². The van der Waals surface area contributed by atoms with E-state index in [9.17, 15) is 4.79 Å². The van der Waals surface area contributed by atoms with Crippen molar-refractivity contribution in [2.24, 2.45) is 0 Å². The third-order valence-corrected chi connectivity index (χ3v) is 4.54. The molecule has 1 aromatic carbocycles. The Hall–Kier alpha value is -1.99. The largest absolute Gasteiger partial charge is 0.497 e. The maximum Gasteiger partial charge on any atom is 0.252 e. The van der Waals surface area contributed by atoms with Crippen molar-refractivity contribution in [3.05, 3.63) is 29.8 Å². The van der Waals surface area contributed by atoms with Gasteiger partial charge in [0.05, 0.1) is 20.3 Å². The van der Waals surface area contributed by atoms with Crippen LogP contribution < -0.4 is 4.74 Å². The fourth-order valence-corrected chi connectivity index (χ4v) is 3.17. The van der Waals surface area contributed by atoms with Crippen LogP contribution in [0.15, 0.2) is 24.3 Å². The van der Waals surface area contributed by atoms with Gasteiger partial charge in [0.15, 0.2) is 0 Å². The van der Waals surface area contributed by atoms with Crippen LogP contribution in [0, 0.1) is 12.3 Å². The summed E-state index contributed by atoms with van der Waals surface area (Å²) in [4.78, 5) is 14.6. The van der Waals surface area contributed by atoms with E-state index in [1.165, 1.54) is 6.42 Å². The van der Waals surface area contributed by atoms with Crippen LogP contribution >= 0.6 is 0 Å². The summed E-state index contributed by atoms with van der Waals surface area (Å²) in [5, 5.41) is 0. The minimum absolute atomic E-state index is 0.0113. The van der Waals surface area contributed by atoms with Crippen LogP contribution in [-0.2, 0) is 16.1 Å². The summed E-state index contributed by atoms with van der Waals surface area (Å²) in [6, 6.07) is 7.93. The van der Waals surface area contributed by atoms with Crippen LogP contribution in [0.25, 0.3) is 0 Å². The van der Waals surface area contributed by atoms with E-state index in [0.29, 0.717) is 13.2 Å². The molecule has 4 nitrogen and oxygen atoms in total. The molecule has 0 aromatic heterocycles. The lowest BCUT2D eigenvalue weighted by Gasteiger charge is -2.34. The van der Waals surface area contributed by atoms with E-state index in [-0.39, 0.29) is 11.9 Å². The molecule has 1 unspecified atom stereocenters. The molecule has 24 heavy (non-hydrogen) atoms. The van der Waals surface area contributed by atoms with Gasteiger partial charge in [-0.05, 0) is 37.5 Å². The normalized spacial score (nSPS) is 16.2. The lowest BCUT2D eigenvalue weighted by Crippen LogP contribution is -2.46. The van der Waals surface area contributed by atoms with Gasteiger partial charge < -0.3 is 14.4 Å². The second kappa shape index (κ2) is 9.34. The Morgan fingerprint density at radius 2 is 2.12 bits per heavy atom. The fraction of sp³-hybridized carbons (Fsp3) is 0.550. The standard InChI is InChI=1S/C20H27NO3/c1-4-13-21(18-10-6-5-7-11-18)20(22)16(2)24-15-17-9-8-12-19(14-17)23-3/h1,8-9,12,14,16,18H,5-7,10-11,13,15H2,2-3H3. The van der Waals surface area contributed by atoms with E-state index in [1.54, 1.807) is 14.0 Å². The van der Waals surface area contributed by atoms with Gasteiger partial charge >= 0.3 is 0 Å². The first-order valence-electron chi connectivity index (χ1n) is 8.64. The number of amides is 1. The minimum atomic E-state index is -0.508. The highest BCUT2D eigenvalue weighted by Gasteiger charge is 2.28. The molecule has 130 valence electrons. The molecule has 1 amide bonds. The molecule has 0 aliphatic heterocycles. The van der Waals surface area contributed by atoms with Gasteiger partial charge in [0.1, 0.15) is 11.9 Å². The molecule has 0 bridgehead atoms. The molecule has 1 aromatic rings. The van der Waals surface area contributed by atoms with E-state index in [2.05, 4.69) is 5.92 Å². The number of carbonyl (C=O) groups excluding carboxylic acids is 1. The Morgan fingerprint density at radius 3 is 2.79 bits per heavy atom. The van der Waals surface area contributed by atoms with Crippen molar-refractivity contribution in [3.8, 4) is 18.1 Å². The van der Waals surface area contributed by atoms with Crippen LogP contribution in [0.5, 0.6) is 5.75 Å². The molecule has 1 saturated carbocycles. The molecule has 2 rings (SSSR count). The summed E-state index contributed by atoms with van der Waals surface area (Å²) in [7, 11) is 1.63. The zero-order valence-electron chi connectivity index (χ0n) is 14.7. The molecule has 0 heterocycles. The molecule has 4 heteroatoms. The average molecular weight is 329 g/mol. The van der Waals surface area contributed by atoms with Gasteiger partial charge in [-0.2, -0.15) is 0 Å². The maximum absolute atomic E-state index is 12.8. The topological polar surface area (TPSA) is 38.8 Å². The summed E-state index contributed by atoms with van der Waals surface area (Å²) in [6.45, 7) is 2.53. The number of ether oxygens (including phenoxy) is 2. The van der Waals surface area contributed by atoms with Crippen LogP contribution in [0.4, 0.5) is 0 Å². The summed E-state index contributed by atoms with van der Waals surface area (Å²) < 4.78 is 11.0. The lowest BCUT2D eigenvalue weighted by molar-refractivity contribution is -0.145. The zero-order chi connectivity index (χ0) is 17.4. The third kappa shape index (κ3) is 5.01. The van der Waals surface area contributed by atoms with Crippen molar-refractivity contribution >= 4 is 5.91 Å². The number of benzene rings is 1. The van der Waals surface area contributed by atoms with Gasteiger partial charge in [-0.3, -0.25) is 4.79 Å². The first kappa shape index (κ1) is 18.4. The SMILES string of the molecule is C#CCN(C(=O)C(C)OCc1cccc(OC)c1)C1CCCCC1. The van der Waals surface area contributed by atoms with Crippen molar-refractivity contribution in [3.63, 3.8) is 0 Å². The van der Waals surface area contributed by atoms with E-state index in [0.717, 1.165) is 37.0 Å². The predicted octanol–water partition coefficient (Wildman–Crippen LogP) is 3.39. The van der Waals surface area contributed by atoms with Gasteiger partial charge in [-0.15, -0.1) is 6.42 Å². The molecule has 1 aliphatic rings. The van der Waals surface area contributed by atoms with Gasteiger partial charge in [-0.1, -0.05) is 37.3 Å². The fourth-order valence-electron chi connectivity index (χ4n) is 3.17. The Labute approximate surface area is 145 Å². The average Bonchev–Trinajstić information content (AvgIpc) is 2.64. The molecular weight excluding hydrogens is 302 g/mol. The van der Waals surface area contributed by atoms with E-state index < -0.39 is 6.10 Å². The summed E-state index contributed by atoms with van der Waals surface area (Å²) >= 11 is 0. The van der Waals surface area contributed by atoms with E-state index >= 15 is 0 Å². The van der Waals surface area contributed by atoms with Crippen LogP contribution in [0.2, 0.25) is 0 Å². The Balaban J connectivity index is 1.94. The highest BCUT2D eigenvalue weighted by molar-refractivity contribution is 5.81. The van der Waals surface area contributed by atoms with Gasteiger partial charge in [0.2, 0.25) is 0 Å². The quantitative estimate of drug-likeness (QED) is 0.720. The number of methoxy groups -OCH3 is 1. The molecule has 0 N–H and O–H groups in total. The number of carbonyl (C=O) groups is 1. The highest BCUT2D eigenvalue weighted by Crippen LogP contribution is 2.23. The van der Waals surface area contributed by atoms with Crippen molar-refractivity contribution in [1.82, 2.24) is 4.90 Å². The molecule has 0 saturated heterocycles. The van der Waals surface area contributed by atoms with Crippen molar-refractivity contribution < 1.29 is 14.3 Å². The summed E-state index contributed by atoms with van der Waals surface area (Å²) in [5.74, 6) is 3.39. The third-order valence-electron chi connectivity index (χ3n) is 4.54. The van der Waals surface area contributed by atoms with Crippen molar-refractivity contribution in [2.45, 2.75) is 57.8 Å².